The van der Waals surface area contributed by atoms with Gasteiger partial charge in [-0.1, -0.05) is 36.4 Å². The van der Waals surface area contributed by atoms with Crippen LogP contribution in [0.4, 0.5) is 5.69 Å². The maximum absolute atomic E-state index is 12.2. The molecule has 1 aliphatic carbocycles. The van der Waals surface area contributed by atoms with Crippen LogP contribution in [0.2, 0.25) is 0 Å². The van der Waals surface area contributed by atoms with E-state index in [1.807, 2.05) is 24.3 Å². The van der Waals surface area contributed by atoms with Gasteiger partial charge in [0.1, 0.15) is 11.6 Å². The van der Waals surface area contributed by atoms with E-state index in [4.69, 9.17) is 0 Å². The van der Waals surface area contributed by atoms with Crippen molar-refractivity contribution in [2.24, 2.45) is 5.10 Å². The fraction of sp³-hybridized carbons (Fsp3) is 0.105. The first-order valence-electron chi connectivity index (χ1n) is 7.90. The zero-order valence-corrected chi connectivity index (χ0v) is 13.7. The Balaban J connectivity index is 1.78. The van der Waals surface area contributed by atoms with Crippen LogP contribution in [0.5, 0.6) is 0 Å². The van der Waals surface area contributed by atoms with Crippen molar-refractivity contribution in [3.8, 4) is 6.07 Å². The standard InChI is InChI=1S/C19H14N4O3/c20-12-15(10-13-4-3-6-16(11-13)23(25)26)19(24)22-21-18-9-8-14-5-1-2-7-17(14)18/h1-7,10-11H,8-9H2,(H,22,24)/b15-10+,21-18+. The van der Waals surface area contributed by atoms with Gasteiger partial charge in [0.05, 0.1) is 10.6 Å². The van der Waals surface area contributed by atoms with Gasteiger partial charge < -0.3 is 0 Å². The van der Waals surface area contributed by atoms with Crippen molar-refractivity contribution in [1.82, 2.24) is 5.43 Å². The molecule has 0 heterocycles. The molecule has 1 aliphatic rings. The molecular weight excluding hydrogens is 332 g/mol. The smallest absolute Gasteiger partial charge is 0.267 e. The van der Waals surface area contributed by atoms with Crippen molar-refractivity contribution in [1.29, 1.82) is 5.26 Å². The number of carbonyl (C=O) groups is 1. The van der Waals surface area contributed by atoms with Gasteiger partial charge in [-0.15, -0.1) is 0 Å². The molecule has 0 aromatic heterocycles. The number of nitriles is 1. The van der Waals surface area contributed by atoms with Gasteiger partial charge in [-0.25, -0.2) is 5.43 Å². The van der Waals surface area contributed by atoms with Crippen LogP contribution in [0.15, 0.2) is 59.2 Å². The Morgan fingerprint density at radius 2 is 2.04 bits per heavy atom. The lowest BCUT2D eigenvalue weighted by atomic mass is 10.1. The number of nitro groups is 1. The average molecular weight is 346 g/mol. The summed E-state index contributed by atoms with van der Waals surface area (Å²) < 4.78 is 0. The van der Waals surface area contributed by atoms with Crippen molar-refractivity contribution in [3.63, 3.8) is 0 Å². The van der Waals surface area contributed by atoms with Crippen LogP contribution >= 0.6 is 0 Å². The van der Waals surface area contributed by atoms with E-state index in [-0.39, 0.29) is 11.3 Å². The minimum absolute atomic E-state index is 0.112. The highest BCUT2D eigenvalue weighted by Gasteiger charge is 2.17. The van der Waals surface area contributed by atoms with Gasteiger partial charge in [0, 0.05) is 17.7 Å². The Morgan fingerprint density at radius 1 is 1.23 bits per heavy atom. The lowest BCUT2D eigenvalue weighted by Crippen LogP contribution is -2.20. The molecule has 0 atom stereocenters. The monoisotopic (exact) mass is 346 g/mol. The van der Waals surface area contributed by atoms with Gasteiger partial charge in [-0.3, -0.25) is 14.9 Å². The van der Waals surface area contributed by atoms with Crippen LogP contribution in [0.1, 0.15) is 23.1 Å². The summed E-state index contributed by atoms with van der Waals surface area (Å²) in [5, 5.41) is 24.2. The summed E-state index contributed by atoms with van der Waals surface area (Å²) >= 11 is 0. The molecule has 7 nitrogen and oxygen atoms in total. The third-order valence-corrected chi connectivity index (χ3v) is 4.01. The Morgan fingerprint density at radius 3 is 2.81 bits per heavy atom. The van der Waals surface area contributed by atoms with Crippen molar-refractivity contribution in [3.05, 3.63) is 80.9 Å². The number of hydrazone groups is 1. The zero-order valence-electron chi connectivity index (χ0n) is 13.7. The van der Waals surface area contributed by atoms with Crippen molar-refractivity contribution < 1.29 is 9.72 Å². The maximum Gasteiger partial charge on any atom is 0.282 e. The van der Waals surface area contributed by atoms with Crippen LogP contribution in [0, 0.1) is 21.4 Å². The molecule has 2 aromatic carbocycles. The van der Waals surface area contributed by atoms with E-state index < -0.39 is 10.8 Å². The lowest BCUT2D eigenvalue weighted by Gasteiger charge is -2.02. The molecule has 1 N–H and O–H groups in total. The number of hydrogen-bond acceptors (Lipinski definition) is 5. The van der Waals surface area contributed by atoms with E-state index >= 15 is 0 Å². The third-order valence-electron chi connectivity index (χ3n) is 4.01. The number of nitro benzene ring substituents is 1. The summed E-state index contributed by atoms with van der Waals surface area (Å²) in [6, 6.07) is 15.3. The van der Waals surface area contributed by atoms with Crippen molar-refractivity contribution >= 4 is 23.4 Å². The van der Waals surface area contributed by atoms with Gasteiger partial charge in [0.25, 0.3) is 11.6 Å². The second-order valence-corrected chi connectivity index (χ2v) is 5.68. The summed E-state index contributed by atoms with van der Waals surface area (Å²) in [6.45, 7) is 0. The number of non-ortho nitro benzene ring substituents is 1. The molecule has 0 aliphatic heterocycles. The number of benzene rings is 2. The molecule has 128 valence electrons. The second kappa shape index (κ2) is 7.40. The molecular formula is C19H14N4O3. The van der Waals surface area contributed by atoms with Gasteiger partial charge >= 0.3 is 0 Å². The van der Waals surface area contributed by atoms with Crippen LogP contribution in [0.3, 0.4) is 0 Å². The van der Waals surface area contributed by atoms with E-state index in [9.17, 15) is 20.2 Å². The number of hydrogen-bond donors (Lipinski definition) is 1. The molecule has 0 fully saturated rings. The predicted octanol–water partition coefficient (Wildman–Crippen LogP) is 2.97. The number of carbonyl (C=O) groups excluding carboxylic acids is 1. The molecule has 0 radical (unpaired) electrons. The first-order valence-corrected chi connectivity index (χ1v) is 7.90. The highest BCUT2D eigenvalue weighted by atomic mass is 16.6. The van der Waals surface area contributed by atoms with Crippen molar-refractivity contribution in [2.45, 2.75) is 12.8 Å². The Bertz CT molecular complexity index is 986. The number of fused-ring (bicyclic) bond motifs is 1. The Hall–Kier alpha value is -3.79. The highest BCUT2D eigenvalue weighted by Crippen LogP contribution is 2.21. The molecule has 0 bridgehead atoms. The first-order chi connectivity index (χ1) is 12.6. The molecule has 0 unspecified atom stereocenters. The van der Waals surface area contributed by atoms with E-state index in [1.165, 1.54) is 29.8 Å². The van der Waals surface area contributed by atoms with Crippen LogP contribution in [0.25, 0.3) is 6.08 Å². The second-order valence-electron chi connectivity index (χ2n) is 5.68. The SMILES string of the molecule is N#C/C(=C\c1cccc([N+](=O)[O-])c1)C(=O)N/N=C1\CCc2ccccc21. The summed E-state index contributed by atoms with van der Waals surface area (Å²) in [7, 11) is 0. The van der Waals surface area contributed by atoms with Gasteiger partial charge in [0.15, 0.2) is 0 Å². The number of nitrogens with one attached hydrogen (secondary N) is 1. The summed E-state index contributed by atoms with van der Waals surface area (Å²) in [5.74, 6) is -0.657. The zero-order chi connectivity index (χ0) is 18.5. The molecule has 0 saturated carbocycles. The Kier molecular flexibility index (Phi) is 4.85. The quantitative estimate of drug-likeness (QED) is 0.397. The fourth-order valence-electron chi connectivity index (χ4n) is 2.75. The molecule has 0 saturated heterocycles. The van der Waals surface area contributed by atoms with Crippen molar-refractivity contribution in [2.75, 3.05) is 0 Å². The number of aryl methyl sites for hydroxylation is 1. The normalized spacial score (nSPS) is 14.6. The third kappa shape index (κ3) is 3.65. The molecule has 7 heteroatoms. The van der Waals surface area contributed by atoms with Gasteiger partial charge in [-0.05, 0) is 30.0 Å². The lowest BCUT2D eigenvalue weighted by molar-refractivity contribution is -0.384. The fourth-order valence-corrected chi connectivity index (χ4v) is 2.75. The van der Waals surface area contributed by atoms with Gasteiger partial charge in [-0.2, -0.15) is 10.4 Å². The predicted molar refractivity (Wildman–Crippen MR) is 96.1 cm³/mol. The van der Waals surface area contributed by atoms with Crippen LogP contribution < -0.4 is 5.43 Å². The number of rotatable bonds is 4. The van der Waals surface area contributed by atoms with E-state index in [1.54, 1.807) is 12.1 Å². The molecule has 0 spiro atoms. The molecule has 2 aromatic rings. The highest BCUT2D eigenvalue weighted by molar-refractivity contribution is 6.06. The van der Waals surface area contributed by atoms with Crippen LogP contribution in [-0.4, -0.2) is 16.5 Å². The largest absolute Gasteiger partial charge is 0.282 e. The maximum atomic E-state index is 12.2. The first kappa shape index (κ1) is 17.0. The average Bonchev–Trinajstić information content (AvgIpc) is 3.07. The topological polar surface area (TPSA) is 108 Å². The van der Waals surface area contributed by atoms with E-state index in [0.29, 0.717) is 5.56 Å². The molecule has 3 rings (SSSR count). The van der Waals surface area contributed by atoms with Crippen LogP contribution in [-0.2, 0) is 11.2 Å². The minimum Gasteiger partial charge on any atom is -0.267 e. The van der Waals surface area contributed by atoms with E-state index in [0.717, 1.165) is 24.1 Å². The summed E-state index contributed by atoms with van der Waals surface area (Å²) in [5.41, 5.74) is 5.43. The number of nitrogens with zero attached hydrogens (tertiary/aromatic N) is 3. The number of amides is 1. The molecule has 1 amide bonds. The minimum atomic E-state index is -0.657. The summed E-state index contributed by atoms with van der Waals surface area (Å²) in [6.07, 6.45) is 2.88. The Labute approximate surface area is 149 Å². The van der Waals surface area contributed by atoms with E-state index in [2.05, 4.69) is 10.5 Å². The van der Waals surface area contributed by atoms with Gasteiger partial charge in [0.2, 0.25) is 0 Å². The summed E-state index contributed by atoms with van der Waals surface area (Å²) in [4.78, 5) is 22.5. The molecule has 26 heavy (non-hydrogen) atoms.